The van der Waals surface area contributed by atoms with Crippen LogP contribution in [0.3, 0.4) is 0 Å². The number of carbonyl (C=O) groups excluding carboxylic acids is 1. The SMILES string of the molecule is CCCCOc1c2n(cc(C(=O)O)c1=O)[C@@H](C(c1ccccc1)c1ccccc1)CN(C)C2=O. The van der Waals surface area contributed by atoms with Crippen LogP contribution in [0.5, 0.6) is 5.75 Å². The van der Waals surface area contributed by atoms with Crippen LogP contribution in [-0.4, -0.2) is 46.6 Å². The third-order valence-corrected chi connectivity index (χ3v) is 6.24. The topological polar surface area (TPSA) is 88.8 Å². The Hall–Kier alpha value is -3.87. The molecule has 1 amide bonds. The third kappa shape index (κ3) is 4.33. The first-order valence-electron chi connectivity index (χ1n) is 11.4. The lowest BCUT2D eigenvalue weighted by Crippen LogP contribution is -2.45. The molecule has 4 rings (SSSR count). The van der Waals surface area contributed by atoms with Gasteiger partial charge in [-0.1, -0.05) is 74.0 Å². The normalized spacial score (nSPS) is 15.3. The molecule has 3 aromatic rings. The second-order valence-corrected chi connectivity index (χ2v) is 8.52. The molecular weight excluding hydrogens is 432 g/mol. The Morgan fingerprint density at radius 1 is 1.06 bits per heavy atom. The summed E-state index contributed by atoms with van der Waals surface area (Å²) in [6.45, 7) is 2.56. The van der Waals surface area contributed by atoms with Gasteiger partial charge in [-0.25, -0.2) is 4.79 Å². The van der Waals surface area contributed by atoms with Crippen molar-refractivity contribution in [2.45, 2.75) is 31.7 Å². The van der Waals surface area contributed by atoms with Crippen molar-refractivity contribution in [3.05, 3.63) is 99.5 Å². The molecule has 0 saturated carbocycles. The number of hydrogen-bond acceptors (Lipinski definition) is 4. The number of ether oxygens (including phenoxy) is 1. The quantitative estimate of drug-likeness (QED) is 0.510. The standard InChI is InChI=1S/C27H28N2O5/c1-3-4-15-34-25-23-26(31)28(2)17-21(29(23)16-20(24(25)30)27(32)33)22(18-11-7-5-8-12-18)19-13-9-6-10-14-19/h5-14,16,21-22H,3-4,15,17H2,1-2H3,(H,32,33)/t21-/m1/s1. The summed E-state index contributed by atoms with van der Waals surface area (Å²) in [5, 5.41) is 9.78. The molecule has 2 aromatic carbocycles. The fraction of sp³-hybridized carbons (Fsp3) is 0.296. The minimum absolute atomic E-state index is 0.0988. The van der Waals surface area contributed by atoms with Crippen LogP contribution >= 0.6 is 0 Å². The number of fused-ring (bicyclic) bond motifs is 1. The molecule has 0 radical (unpaired) electrons. The van der Waals surface area contributed by atoms with E-state index in [1.807, 2.05) is 67.6 Å². The second-order valence-electron chi connectivity index (χ2n) is 8.52. The Bertz CT molecular complexity index is 1200. The fourth-order valence-electron chi connectivity index (χ4n) is 4.54. The van der Waals surface area contributed by atoms with Crippen molar-refractivity contribution in [1.29, 1.82) is 0 Å². The van der Waals surface area contributed by atoms with Gasteiger partial charge < -0.3 is 19.3 Å². The van der Waals surface area contributed by atoms with Crippen LogP contribution in [0.15, 0.2) is 71.7 Å². The lowest BCUT2D eigenvalue weighted by molar-refractivity contribution is 0.0668. The Morgan fingerprint density at radius 2 is 1.65 bits per heavy atom. The first kappa shape index (κ1) is 23.3. The average Bonchev–Trinajstić information content (AvgIpc) is 2.84. The first-order chi connectivity index (χ1) is 16.4. The lowest BCUT2D eigenvalue weighted by atomic mass is 9.83. The predicted octanol–water partition coefficient (Wildman–Crippen LogP) is 4.18. The van der Waals surface area contributed by atoms with Gasteiger partial charge in [0, 0.05) is 25.7 Å². The molecule has 1 atom stereocenters. The first-order valence-corrected chi connectivity index (χ1v) is 11.4. The summed E-state index contributed by atoms with van der Waals surface area (Å²) in [6.07, 6.45) is 2.82. The zero-order valence-corrected chi connectivity index (χ0v) is 19.3. The van der Waals surface area contributed by atoms with Gasteiger partial charge in [0.05, 0.1) is 12.6 Å². The average molecular weight is 461 g/mol. The second kappa shape index (κ2) is 9.95. The van der Waals surface area contributed by atoms with E-state index in [0.29, 0.717) is 13.0 Å². The molecule has 1 aromatic heterocycles. The zero-order valence-electron chi connectivity index (χ0n) is 19.3. The summed E-state index contributed by atoms with van der Waals surface area (Å²) < 4.78 is 7.43. The molecule has 1 aliphatic heterocycles. The van der Waals surface area contributed by atoms with E-state index >= 15 is 0 Å². The molecule has 0 aliphatic carbocycles. The van der Waals surface area contributed by atoms with Crippen molar-refractivity contribution in [2.75, 3.05) is 20.2 Å². The van der Waals surface area contributed by atoms with Crippen molar-refractivity contribution in [2.24, 2.45) is 0 Å². The van der Waals surface area contributed by atoms with Crippen molar-refractivity contribution in [1.82, 2.24) is 9.47 Å². The zero-order chi connectivity index (χ0) is 24.2. The van der Waals surface area contributed by atoms with Gasteiger partial charge in [0.1, 0.15) is 5.56 Å². The van der Waals surface area contributed by atoms with Gasteiger partial charge in [0.25, 0.3) is 5.91 Å². The van der Waals surface area contributed by atoms with E-state index < -0.39 is 17.0 Å². The molecule has 34 heavy (non-hydrogen) atoms. The molecule has 7 heteroatoms. The minimum atomic E-state index is -1.35. The Balaban J connectivity index is 1.97. The van der Waals surface area contributed by atoms with E-state index in [-0.39, 0.29) is 35.9 Å². The van der Waals surface area contributed by atoms with E-state index in [9.17, 15) is 19.5 Å². The van der Waals surface area contributed by atoms with Gasteiger partial charge in [-0.15, -0.1) is 0 Å². The number of likely N-dealkylation sites (N-methyl/N-ethyl adjacent to an activating group) is 1. The van der Waals surface area contributed by atoms with Gasteiger partial charge in [-0.05, 0) is 17.5 Å². The van der Waals surface area contributed by atoms with Gasteiger partial charge in [-0.2, -0.15) is 0 Å². The molecule has 0 unspecified atom stereocenters. The van der Waals surface area contributed by atoms with E-state index in [1.54, 1.807) is 16.5 Å². The number of pyridine rings is 1. The highest BCUT2D eigenvalue weighted by molar-refractivity contribution is 5.97. The number of aromatic carboxylic acids is 1. The van der Waals surface area contributed by atoms with Crippen LogP contribution < -0.4 is 10.2 Å². The monoisotopic (exact) mass is 460 g/mol. The molecule has 1 N–H and O–H groups in total. The Labute approximate surface area is 198 Å². The molecule has 7 nitrogen and oxygen atoms in total. The van der Waals surface area contributed by atoms with Crippen molar-refractivity contribution in [3.8, 4) is 5.75 Å². The van der Waals surface area contributed by atoms with Gasteiger partial charge in [0.15, 0.2) is 11.4 Å². The maximum atomic E-state index is 13.3. The summed E-state index contributed by atoms with van der Waals surface area (Å²) in [4.78, 5) is 39.9. The number of carboxylic acids is 1. The van der Waals surface area contributed by atoms with Gasteiger partial charge >= 0.3 is 5.97 Å². The number of nitrogens with zero attached hydrogens (tertiary/aromatic N) is 2. The molecule has 0 fully saturated rings. The minimum Gasteiger partial charge on any atom is -0.487 e. The van der Waals surface area contributed by atoms with Crippen molar-refractivity contribution >= 4 is 11.9 Å². The number of carboxylic acid groups (broad SMARTS) is 1. The lowest BCUT2D eigenvalue weighted by Gasteiger charge is -2.39. The number of hydrogen-bond donors (Lipinski definition) is 1. The maximum absolute atomic E-state index is 13.3. The molecule has 1 aliphatic rings. The number of unbranched alkanes of at least 4 members (excludes halogenated alkanes) is 1. The van der Waals surface area contributed by atoms with Crippen LogP contribution in [-0.2, 0) is 0 Å². The number of amides is 1. The number of benzene rings is 2. The van der Waals surface area contributed by atoms with E-state index in [2.05, 4.69) is 0 Å². The summed E-state index contributed by atoms with van der Waals surface area (Å²) in [6, 6.07) is 19.4. The fourth-order valence-corrected chi connectivity index (χ4v) is 4.54. The highest BCUT2D eigenvalue weighted by atomic mass is 16.5. The van der Waals surface area contributed by atoms with Gasteiger partial charge in [0.2, 0.25) is 5.43 Å². The van der Waals surface area contributed by atoms with Crippen LogP contribution in [0.1, 0.15) is 63.7 Å². The third-order valence-electron chi connectivity index (χ3n) is 6.24. The van der Waals surface area contributed by atoms with Crippen LogP contribution in [0, 0.1) is 0 Å². The molecular formula is C27H28N2O5. The highest BCUT2D eigenvalue weighted by Crippen LogP contribution is 2.40. The van der Waals surface area contributed by atoms with Crippen molar-refractivity contribution in [3.63, 3.8) is 0 Å². The van der Waals surface area contributed by atoms with Crippen LogP contribution in [0.2, 0.25) is 0 Å². The molecule has 176 valence electrons. The van der Waals surface area contributed by atoms with Gasteiger partial charge in [-0.3, -0.25) is 9.59 Å². The summed E-state index contributed by atoms with van der Waals surface area (Å²) in [7, 11) is 1.69. The summed E-state index contributed by atoms with van der Waals surface area (Å²) >= 11 is 0. The number of carbonyl (C=O) groups is 2. The highest BCUT2D eigenvalue weighted by Gasteiger charge is 2.39. The smallest absolute Gasteiger partial charge is 0.341 e. The largest absolute Gasteiger partial charge is 0.487 e. The molecule has 0 spiro atoms. The van der Waals surface area contributed by atoms with E-state index in [1.165, 1.54) is 6.20 Å². The molecule has 0 saturated heterocycles. The maximum Gasteiger partial charge on any atom is 0.341 e. The van der Waals surface area contributed by atoms with E-state index in [4.69, 9.17) is 4.74 Å². The van der Waals surface area contributed by atoms with Crippen LogP contribution in [0.4, 0.5) is 0 Å². The Morgan fingerprint density at radius 3 is 2.18 bits per heavy atom. The molecule has 2 heterocycles. The Kier molecular flexibility index (Phi) is 6.82. The molecule has 0 bridgehead atoms. The number of aromatic nitrogens is 1. The summed E-state index contributed by atoms with van der Waals surface area (Å²) in [5.41, 5.74) is 0.972. The number of rotatable bonds is 8. The van der Waals surface area contributed by atoms with Crippen molar-refractivity contribution < 1.29 is 19.4 Å². The van der Waals surface area contributed by atoms with Crippen LogP contribution in [0.25, 0.3) is 0 Å². The van der Waals surface area contributed by atoms with E-state index in [0.717, 1.165) is 17.5 Å². The summed E-state index contributed by atoms with van der Waals surface area (Å²) in [5.74, 6) is -2.09. The predicted molar refractivity (Wildman–Crippen MR) is 129 cm³/mol.